The number of amides is 4. The summed E-state index contributed by atoms with van der Waals surface area (Å²) in [6.45, 7) is 14.7. The van der Waals surface area contributed by atoms with Gasteiger partial charge in [0.25, 0.3) is 0 Å². The lowest BCUT2D eigenvalue weighted by molar-refractivity contribution is -0.148. The molecular weight excluding hydrogens is 789 g/mol. The van der Waals surface area contributed by atoms with Crippen LogP contribution >= 0.6 is 0 Å². The smallest absolute Gasteiger partial charge is 0.326 e. The molecule has 14 heteroatoms. The van der Waals surface area contributed by atoms with Crippen molar-refractivity contribution in [3.8, 4) is 0 Å². The summed E-state index contributed by atoms with van der Waals surface area (Å²) < 4.78 is 12.0. The number of rotatable bonds is 25. The molecule has 0 aliphatic carbocycles. The second-order valence-electron chi connectivity index (χ2n) is 17.8. The molecule has 2 aromatic carbocycles. The van der Waals surface area contributed by atoms with Crippen LogP contribution in [0.3, 0.4) is 0 Å². The number of aliphatic carboxylic acids is 1. The lowest BCUT2D eigenvalue weighted by Gasteiger charge is -2.41. The van der Waals surface area contributed by atoms with Crippen LogP contribution in [0.1, 0.15) is 85.3 Å². The Morgan fingerprint density at radius 3 is 2.03 bits per heavy atom. The first-order chi connectivity index (χ1) is 29.4. The number of hydrogen-bond acceptors (Lipinski definition) is 9. The van der Waals surface area contributed by atoms with E-state index in [2.05, 4.69) is 33.0 Å². The fourth-order valence-electron chi connectivity index (χ4n) is 8.93. The number of carboxylic acids is 1. The van der Waals surface area contributed by atoms with Crippen molar-refractivity contribution >= 4 is 35.3 Å². The Kier molecular flexibility index (Phi) is 20.8. The molecule has 1 fully saturated rings. The standard InChI is InChI=1S/C48H76N6O8/c1-13-32(6)43(53(10)47(58)41(30(2)3)51-46(57)42(31(4)5)52(9)27-25-34-21-23-36(49-8)24-22-34)39(61-11)29-40(55)54-26-17-20-38(54)44(62-12)33(7)45(56)50-37(48(59)60)28-35-18-15-14-16-19-35/h14-16,18-19,21-24,30-33,37-39,41-44,49H,13,17,20,25-29H2,1-12H3,(H,50,56)(H,51,57)(H,59,60)/t32-,33+,37-,38-,39+,41-,42?,43-,44+/m0/s1. The van der Waals surface area contributed by atoms with Crippen LogP contribution in [0.25, 0.3) is 0 Å². The first-order valence-corrected chi connectivity index (χ1v) is 22.4. The van der Waals surface area contributed by atoms with Gasteiger partial charge in [-0.3, -0.25) is 24.1 Å². The summed E-state index contributed by atoms with van der Waals surface area (Å²) in [6, 6.07) is 14.0. The van der Waals surface area contributed by atoms with Gasteiger partial charge >= 0.3 is 5.97 Å². The Labute approximate surface area is 370 Å². The number of likely N-dealkylation sites (N-methyl/N-ethyl adjacent to an activating group) is 2. The number of likely N-dealkylation sites (tertiary alicyclic amines) is 1. The van der Waals surface area contributed by atoms with Gasteiger partial charge < -0.3 is 40.3 Å². The monoisotopic (exact) mass is 865 g/mol. The number of carbonyl (C=O) groups excluding carboxylic acids is 4. The van der Waals surface area contributed by atoms with Gasteiger partial charge in [0.1, 0.15) is 12.1 Å². The minimum absolute atomic E-state index is 0.0187. The Morgan fingerprint density at radius 1 is 0.855 bits per heavy atom. The molecule has 4 amide bonds. The number of nitrogens with one attached hydrogen (secondary N) is 3. The minimum Gasteiger partial charge on any atom is -0.480 e. The van der Waals surface area contributed by atoms with Gasteiger partial charge in [0.05, 0.1) is 42.7 Å². The lowest BCUT2D eigenvalue weighted by atomic mass is 9.89. The number of anilines is 1. The average molecular weight is 865 g/mol. The molecule has 4 N–H and O–H groups in total. The van der Waals surface area contributed by atoms with Crippen LogP contribution in [-0.2, 0) is 46.3 Å². The molecule has 1 unspecified atom stereocenters. The van der Waals surface area contributed by atoms with E-state index in [1.165, 1.54) is 12.7 Å². The molecule has 1 aliphatic rings. The fraction of sp³-hybridized carbons (Fsp3) is 0.646. The third kappa shape index (κ3) is 14.0. The van der Waals surface area contributed by atoms with E-state index in [0.717, 1.165) is 17.7 Å². The van der Waals surface area contributed by atoms with Crippen molar-refractivity contribution in [3.05, 3.63) is 65.7 Å². The van der Waals surface area contributed by atoms with Crippen LogP contribution in [0, 0.1) is 23.7 Å². The zero-order valence-electron chi connectivity index (χ0n) is 39.4. The molecule has 3 rings (SSSR count). The van der Waals surface area contributed by atoms with E-state index >= 15 is 0 Å². The largest absolute Gasteiger partial charge is 0.480 e. The molecular formula is C48H76N6O8. The van der Waals surface area contributed by atoms with Crippen LogP contribution in [0.4, 0.5) is 5.69 Å². The van der Waals surface area contributed by atoms with Gasteiger partial charge in [-0.1, -0.05) is 97.4 Å². The van der Waals surface area contributed by atoms with E-state index < -0.39 is 60.2 Å². The average Bonchev–Trinajstić information content (AvgIpc) is 3.74. The van der Waals surface area contributed by atoms with E-state index in [0.29, 0.717) is 32.4 Å². The highest BCUT2D eigenvalue weighted by atomic mass is 16.5. The van der Waals surface area contributed by atoms with Gasteiger partial charge in [-0.2, -0.15) is 0 Å². The molecule has 0 radical (unpaired) electrons. The molecule has 14 nitrogen and oxygen atoms in total. The van der Waals surface area contributed by atoms with Gasteiger partial charge in [-0.15, -0.1) is 0 Å². The van der Waals surface area contributed by atoms with Crippen LogP contribution in [0.15, 0.2) is 54.6 Å². The number of hydrogen-bond donors (Lipinski definition) is 4. The van der Waals surface area contributed by atoms with Crippen molar-refractivity contribution < 1.29 is 38.6 Å². The number of ether oxygens (including phenoxy) is 2. The Bertz CT molecular complexity index is 1730. The third-order valence-corrected chi connectivity index (χ3v) is 12.8. The van der Waals surface area contributed by atoms with Crippen molar-refractivity contribution in [2.75, 3.05) is 53.8 Å². The highest BCUT2D eigenvalue weighted by Crippen LogP contribution is 2.30. The number of methoxy groups -OCH3 is 2. The Hall–Kier alpha value is -4.53. The van der Waals surface area contributed by atoms with E-state index in [9.17, 15) is 29.1 Å². The van der Waals surface area contributed by atoms with Gasteiger partial charge in [-0.25, -0.2) is 4.79 Å². The van der Waals surface area contributed by atoms with Crippen molar-refractivity contribution in [2.45, 2.75) is 129 Å². The van der Waals surface area contributed by atoms with Crippen molar-refractivity contribution in [1.29, 1.82) is 0 Å². The lowest BCUT2D eigenvalue weighted by Crippen LogP contribution is -2.60. The van der Waals surface area contributed by atoms with Gasteiger partial charge in [0.2, 0.25) is 23.6 Å². The van der Waals surface area contributed by atoms with Gasteiger partial charge in [-0.05, 0) is 67.3 Å². The van der Waals surface area contributed by atoms with Crippen LogP contribution < -0.4 is 16.0 Å². The SMILES string of the molecule is CC[C@H](C)[C@@H]([C@@H](CC(=O)N1CCC[C@H]1[C@H](OC)[C@@H](C)C(=O)N[C@@H](Cc1ccccc1)C(=O)O)OC)N(C)C(=O)[C@@H](NC(=O)C(C(C)C)N(C)CCc1ccc(NC)cc1)C(C)C. The van der Waals surface area contributed by atoms with E-state index in [1.807, 2.05) is 98.1 Å². The molecule has 62 heavy (non-hydrogen) atoms. The molecule has 1 saturated heterocycles. The topological polar surface area (TPSA) is 170 Å². The summed E-state index contributed by atoms with van der Waals surface area (Å²) in [7, 11) is 8.61. The summed E-state index contributed by atoms with van der Waals surface area (Å²) in [5.74, 6) is -3.34. The number of carbonyl (C=O) groups is 5. The minimum atomic E-state index is -1.14. The number of benzene rings is 2. The Morgan fingerprint density at radius 2 is 1.50 bits per heavy atom. The summed E-state index contributed by atoms with van der Waals surface area (Å²) in [6.07, 6.45) is 1.51. The predicted octanol–water partition coefficient (Wildman–Crippen LogP) is 5.10. The van der Waals surface area contributed by atoms with Gasteiger partial charge in [0, 0.05) is 53.5 Å². The molecule has 9 atom stereocenters. The second-order valence-corrected chi connectivity index (χ2v) is 17.8. The second kappa shape index (κ2) is 24.9. The maximum atomic E-state index is 14.6. The third-order valence-electron chi connectivity index (χ3n) is 12.8. The Balaban J connectivity index is 1.76. The molecule has 1 heterocycles. The zero-order valence-corrected chi connectivity index (χ0v) is 39.4. The van der Waals surface area contributed by atoms with Crippen LogP contribution in [0.2, 0.25) is 0 Å². The highest BCUT2D eigenvalue weighted by Gasteiger charge is 2.43. The number of carboxylic acid groups (broad SMARTS) is 1. The quantitative estimate of drug-likeness (QED) is 0.105. The maximum Gasteiger partial charge on any atom is 0.326 e. The summed E-state index contributed by atoms with van der Waals surface area (Å²) >= 11 is 0. The van der Waals surface area contributed by atoms with E-state index in [-0.39, 0.29) is 48.3 Å². The van der Waals surface area contributed by atoms with E-state index in [4.69, 9.17) is 9.47 Å². The maximum absolute atomic E-state index is 14.6. The van der Waals surface area contributed by atoms with Crippen molar-refractivity contribution in [1.82, 2.24) is 25.3 Å². The zero-order chi connectivity index (χ0) is 46.3. The normalized spacial score (nSPS) is 18.0. The van der Waals surface area contributed by atoms with Gasteiger partial charge in [0.15, 0.2) is 0 Å². The molecule has 1 aliphatic heterocycles. The molecule has 0 bridgehead atoms. The summed E-state index contributed by atoms with van der Waals surface area (Å²) in [5.41, 5.74) is 2.98. The first kappa shape index (κ1) is 51.8. The highest BCUT2D eigenvalue weighted by molar-refractivity contribution is 5.90. The summed E-state index contributed by atoms with van der Waals surface area (Å²) in [4.78, 5) is 74.2. The summed E-state index contributed by atoms with van der Waals surface area (Å²) in [5, 5.41) is 18.9. The first-order valence-electron chi connectivity index (χ1n) is 22.4. The number of nitrogens with zero attached hydrogens (tertiary/aromatic N) is 3. The molecule has 346 valence electrons. The fourth-order valence-corrected chi connectivity index (χ4v) is 8.93. The van der Waals surface area contributed by atoms with Crippen LogP contribution in [-0.4, -0.2) is 140 Å². The molecule has 2 aromatic rings. The molecule has 0 aromatic heterocycles. The van der Waals surface area contributed by atoms with Crippen molar-refractivity contribution in [3.63, 3.8) is 0 Å². The van der Waals surface area contributed by atoms with Crippen LogP contribution in [0.5, 0.6) is 0 Å². The predicted molar refractivity (Wildman–Crippen MR) is 244 cm³/mol. The molecule has 0 saturated carbocycles. The molecule has 0 spiro atoms. The van der Waals surface area contributed by atoms with E-state index in [1.54, 1.807) is 30.9 Å². The van der Waals surface area contributed by atoms with Crippen molar-refractivity contribution in [2.24, 2.45) is 23.7 Å².